The van der Waals surface area contributed by atoms with Gasteiger partial charge in [0.2, 0.25) is 11.8 Å². The quantitative estimate of drug-likeness (QED) is 0.755. The summed E-state index contributed by atoms with van der Waals surface area (Å²) in [4.78, 5) is 25.9. The first-order chi connectivity index (χ1) is 9.47. The van der Waals surface area contributed by atoms with Gasteiger partial charge in [-0.1, -0.05) is 0 Å². The van der Waals surface area contributed by atoms with Gasteiger partial charge in [-0.15, -0.1) is 0 Å². The normalized spacial score (nSPS) is 26.1. The molecule has 0 aromatic heterocycles. The molecule has 2 saturated heterocycles. The van der Waals surface area contributed by atoms with Crippen LogP contribution in [0.5, 0.6) is 0 Å². The summed E-state index contributed by atoms with van der Waals surface area (Å²) in [6, 6.07) is 0.121. The number of nitrogens with one attached hydrogen (secondary N) is 1. The minimum absolute atomic E-state index is 0.0326. The Balaban J connectivity index is 1.96. The molecule has 0 saturated carbocycles. The number of carbonyl (C=O) groups excluding carboxylic acids is 2. The molecule has 2 N–H and O–H groups in total. The molecule has 0 aromatic carbocycles. The number of ether oxygens (including phenoxy) is 1. The Morgan fingerprint density at radius 2 is 2.15 bits per heavy atom. The Bertz CT molecular complexity index is 377. The summed E-state index contributed by atoms with van der Waals surface area (Å²) in [5.41, 5.74) is -0.580. The second-order valence-electron chi connectivity index (χ2n) is 6.08. The number of likely N-dealkylation sites (tertiary alicyclic amines) is 1. The van der Waals surface area contributed by atoms with E-state index < -0.39 is 5.54 Å². The molecule has 114 valence electrons. The number of hydrogen-bond donors (Lipinski definition) is 2. The number of hydrogen-bond acceptors (Lipinski definition) is 4. The molecule has 6 heteroatoms. The number of rotatable bonds is 4. The van der Waals surface area contributed by atoms with Crippen molar-refractivity contribution >= 4 is 11.8 Å². The van der Waals surface area contributed by atoms with Gasteiger partial charge in [0.15, 0.2) is 0 Å². The van der Waals surface area contributed by atoms with E-state index in [1.165, 1.54) is 0 Å². The van der Waals surface area contributed by atoms with Crippen molar-refractivity contribution < 1.29 is 19.4 Å². The van der Waals surface area contributed by atoms with E-state index in [0.29, 0.717) is 32.6 Å². The van der Waals surface area contributed by atoms with E-state index in [9.17, 15) is 14.7 Å². The lowest BCUT2D eigenvalue weighted by atomic mass is 9.90. The third-order valence-corrected chi connectivity index (χ3v) is 4.29. The minimum Gasteiger partial charge on any atom is -0.394 e. The summed E-state index contributed by atoms with van der Waals surface area (Å²) in [6.07, 6.45) is 1.50. The van der Waals surface area contributed by atoms with E-state index in [2.05, 4.69) is 5.32 Å². The number of amides is 2. The van der Waals surface area contributed by atoms with Gasteiger partial charge >= 0.3 is 0 Å². The molecule has 2 amide bonds. The van der Waals surface area contributed by atoms with E-state index in [1.54, 1.807) is 4.90 Å². The maximum absolute atomic E-state index is 12.3. The maximum atomic E-state index is 12.3. The molecule has 0 bridgehead atoms. The average molecular weight is 284 g/mol. The first-order valence-electron chi connectivity index (χ1n) is 7.27. The number of aliphatic hydroxyl groups excluding tert-OH is 1. The van der Waals surface area contributed by atoms with Gasteiger partial charge in [0.1, 0.15) is 0 Å². The Hall–Kier alpha value is -1.14. The zero-order chi connectivity index (χ0) is 14.8. The average Bonchev–Trinajstić information content (AvgIpc) is 2.82. The zero-order valence-electron chi connectivity index (χ0n) is 12.2. The van der Waals surface area contributed by atoms with Crippen molar-refractivity contribution in [1.29, 1.82) is 0 Å². The molecular formula is C14H24N2O4. The van der Waals surface area contributed by atoms with Crippen LogP contribution in [-0.2, 0) is 14.3 Å². The van der Waals surface area contributed by atoms with Crippen LogP contribution in [0.15, 0.2) is 0 Å². The van der Waals surface area contributed by atoms with Crippen molar-refractivity contribution in [2.75, 3.05) is 26.4 Å². The second-order valence-corrected chi connectivity index (χ2v) is 6.08. The van der Waals surface area contributed by atoms with Crippen LogP contribution in [0.1, 0.15) is 33.1 Å². The van der Waals surface area contributed by atoms with E-state index >= 15 is 0 Å². The summed E-state index contributed by atoms with van der Waals surface area (Å²) < 4.78 is 5.27. The van der Waals surface area contributed by atoms with Crippen LogP contribution >= 0.6 is 0 Å². The van der Waals surface area contributed by atoms with Gasteiger partial charge in [-0.25, -0.2) is 0 Å². The molecule has 0 aliphatic carbocycles. The van der Waals surface area contributed by atoms with E-state index in [0.717, 1.165) is 0 Å². The zero-order valence-corrected chi connectivity index (χ0v) is 12.2. The number of nitrogens with zero attached hydrogens (tertiary/aromatic N) is 1. The summed E-state index contributed by atoms with van der Waals surface area (Å²) in [6.45, 7) is 5.37. The molecule has 2 aliphatic heterocycles. The van der Waals surface area contributed by atoms with Gasteiger partial charge in [-0.3, -0.25) is 9.59 Å². The van der Waals surface area contributed by atoms with Gasteiger partial charge in [0, 0.05) is 32.2 Å². The summed E-state index contributed by atoms with van der Waals surface area (Å²) in [5, 5.41) is 12.5. The van der Waals surface area contributed by atoms with Crippen LogP contribution in [0.2, 0.25) is 0 Å². The third-order valence-electron chi connectivity index (χ3n) is 4.29. The topological polar surface area (TPSA) is 78.9 Å². The molecule has 2 aliphatic rings. The highest BCUT2D eigenvalue weighted by atomic mass is 16.5. The predicted octanol–water partition coefficient (Wildman–Crippen LogP) is -0.0990. The van der Waals surface area contributed by atoms with E-state index in [-0.39, 0.29) is 36.8 Å². The molecule has 2 heterocycles. The van der Waals surface area contributed by atoms with Gasteiger partial charge in [0.05, 0.1) is 18.1 Å². The number of aliphatic hydroxyl groups is 1. The first kappa shape index (κ1) is 15.3. The third kappa shape index (κ3) is 3.12. The second kappa shape index (κ2) is 6.10. The van der Waals surface area contributed by atoms with E-state index in [1.807, 2.05) is 13.8 Å². The SMILES string of the molecule is CC(C)N1CC(C(=O)NC2(CO)CCOCC2)CC1=O. The Labute approximate surface area is 119 Å². The van der Waals surface area contributed by atoms with Crippen molar-refractivity contribution in [3.8, 4) is 0 Å². The molecule has 20 heavy (non-hydrogen) atoms. The molecule has 1 atom stereocenters. The Morgan fingerprint density at radius 3 is 2.65 bits per heavy atom. The van der Waals surface area contributed by atoms with Gasteiger partial charge in [0.25, 0.3) is 0 Å². The van der Waals surface area contributed by atoms with Crippen molar-refractivity contribution in [3.63, 3.8) is 0 Å². The van der Waals surface area contributed by atoms with Crippen LogP contribution < -0.4 is 5.32 Å². The van der Waals surface area contributed by atoms with Gasteiger partial charge in [-0.05, 0) is 26.7 Å². The Morgan fingerprint density at radius 1 is 1.50 bits per heavy atom. The molecule has 2 rings (SSSR count). The van der Waals surface area contributed by atoms with Crippen molar-refractivity contribution in [2.45, 2.75) is 44.7 Å². The largest absolute Gasteiger partial charge is 0.394 e. The standard InChI is InChI=1S/C14H24N2O4/c1-10(2)16-8-11(7-12(16)18)13(19)15-14(9-17)3-5-20-6-4-14/h10-11,17H,3-9H2,1-2H3,(H,15,19). The Kier molecular flexibility index (Phi) is 4.65. The molecule has 0 spiro atoms. The van der Waals surface area contributed by atoms with Gasteiger partial charge < -0.3 is 20.1 Å². The summed E-state index contributed by atoms with van der Waals surface area (Å²) in [7, 11) is 0. The fourth-order valence-corrected chi connectivity index (χ4v) is 2.85. The van der Waals surface area contributed by atoms with Crippen molar-refractivity contribution in [1.82, 2.24) is 10.2 Å². The van der Waals surface area contributed by atoms with Crippen molar-refractivity contribution in [2.24, 2.45) is 5.92 Å². The van der Waals surface area contributed by atoms with Crippen LogP contribution in [0.3, 0.4) is 0 Å². The maximum Gasteiger partial charge on any atom is 0.225 e. The fraction of sp³-hybridized carbons (Fsp3) is 0.857. The minimum atomic E-state index is -0.580. The van der Waals surface area contributed by atoms with Gasteiger partial charge in [-0.2, -0.15) is 0 Å². The molecular weight excluding hydrogens is 260 g/mol. The van der Waals surface area contributed by atoms with Crippen LogP contribution in [-0.4, -0.2) is 59.8 Å². The molecule has 1 unspecified atom stereocenters. The fourth-order valence-electron chi connectivity index (χ4n) is 2.85. The highest BCUT2D eigenvalue weighted by Crippen LogP contribution is 2.24. The molecule has 0 radical (unpaired) electrons. The van der Waals surface area contributed by atoms with Crippen LogP contribution in [0.25, 0.3) is 0 Å². The predicted molar refractivity (Wildman–Crippen MR) is 73.0 cm³/mol. The van der Waals surface area contributed by atoms with E-state index in [4.69, 9.17) is 4.74 Å². The highest BCUT2D eigenvalue weighted by Gasteiger charge is 2.40. The summed E-state index contributed by atoms with van der Waals surface area (Å²) >= 11 is 0. The van der Waals surface area contributed by atoms with Crippen molar-refractivity contribution in [3.05, 3.63) is 0 Å². The highest BCUT2D eigenvalue weighted by molar-refractivity contribution is 5.89. The molecule has 2 fully saturated rings. The first-order valence-corrected chi connectivity index (χ1v) is 7.27. The molecule has 6 nitrogen and oxygen atoms in total. The molecule has 0 aromatic rings. The van der Waals surface area contributed by atoms with Crippen LogP contribution in [0, 0.1) is 5.92 Å². The van der Waals surface area contributed by atoms with Crippen LogP contribution in [0.4, 0.5) is 0 Å². The monoisotopic (exact) mass is 284 g/mol. The summed E-state index contributed by atoms with van der Waals surface area (Å²) in [5.74, 6) is -0.404. The lowest BCUT2D eigenvalue weighted by molar-refractivity contribution is -0.131. The lowest BCUT2D eigenvalue weighted by Gasteiger charge is -2.37. The number of carbonyl (C=O) groups is 2. The smallest absolute Gasteiger partial charge is 0.225 e. The lowest BCUT2D eigenvalue weighted by Crippen LogP contribution is -2.56.